The van der Waals surface area contributed by atoms with Gasteiger partial charge >= 0.3 is 0 Å². The van der Waals surface area contributed by atoms with Crippen molar-refractivity contribution in [3.8, 4) is 5.75 Å². The van der Waals surface area contributed by atoms with Crippen LogP contribution in [0.2, 0.25) is 0 Å². The van der Waals surface area contributed by atoms with Gasteiger partial charge < -0.3 is 9.84 Å². The van der Waals surface area contributed by atoms with E-state index in [1.807, 2.05) is 26.0 Å². The predicted octanol–water partition coefficient (Wildman–Crippen LogP) is 6.55. The van der Waals surface area contributed by atoms with Gasteiger partial charge in [-0.1, -0.05) is 49.3 Å². The van der Waals surface area contributed by atoms with E-state index >= 15 is 0 Å². The first-order valence-corrected chi connectivity index (χ1v) is 9.68. The molecule has 0 aromatic heterocycles. The van der Waals surface area contributed by atoms with E-state index in [1.165, 1.54) is 11.1 Å². The van der Waals surface area contributed by atoms with Gasteiger partial charge in [0.15, 0.2) is 0 Å². The molecule has 0 unspecified atom stereocenters. The summed E-state index contributed by atoms with van der Waals surface area (Å²) in [5.74, 6) is 0.957. The molecular formula is C23H36O2. The number of allylic oxidation sites excluding steroid dienone is 3. The summed E-state index contributed by atoms with van der Waals surface area (Å²) < 4.78 is 5.75. The van der Waals surface area contributed by atoms with Crippen LogP contribution in [0.15, 0.2) is 42.0 Å². The number of ether oxygens (including phenoxy) is 1. The van der Waals surface area contributed by atoms with Crippen LogP contribution in [0.1, 0.15) is 78.2 Å². The van der Waals surface area contributed by atoms with Gasteiger partial charge in [0.2, 0.25) is 0 Å². The smallest absolute Gasteiger partial charge is 0.119 e. The molecule has 1 rings (SSSR count). The fraction of sp³-hybridized carbons (Fsp3) is 0.565. The largest absolute Gasteiger partial charge is 0.494 e. The molecule has 140 valence electrons. The monoisotopic (exact) mass is 344 g/mol. The Kier molecular flexibility index (Phi) is 10.3. The number of hydrogen-bond acceptors (Lipinski definition) is 2. The molecule has 0 spiro atoms. The third kappa shape index (κ3) is 11.6. The van der Waals surface area contributed by atoms with Crippen LogP contribution in [0.25, 0.3) is 6.08 Å². The van der Waals surface area contributed by atoms with Gasteiger partial charge in [0.05, 0.1) is 12.2 Å². The van der Waals surface area contributed by atoms with Crippen LogP contribution in [0.4, 0.5) is 0 Å². The van der Waals surface area contributed by atoms with Gasteiger partial charge in [-0.3, -0.25) is 0 Å². The van der Waals surface area contributed by atoms with E-state index in [4.69, 9.17) is 4.74 Å². The minimum Gasteiger partial charge on any atom is -0.494 e. The molecule has 2 nitrogen and oxygen atoms in total. The molecule has 0 amide bonds. The van der Waals surface area contributed by atoms with E-state index in [0.29, 0.717) is 0 Å². The standard InChI is InChI=1S/C23H36O2/c1-5-6-18-25-22-16-10-15-21(19-22)14-9-7-8-12-20(2)13-11-17-23(3,4)24/h9-10,12,14-16,19,24H,5-8,11,13,17-18H2,1-4H3/b14-9+,20-12+. The number of rotatable bonds is 12. The molecule has 0 bridgehead atoms. The fourth-order valence-electron chi connectivity index (χ4n) is 2.59. The van der Waals surface area contributed by atoms with E-state index < -0.39 is 5.60 Å². The molecule has 1 aromatic rings. The summed E-state index contributed by atoms with van der Waals surface area (Å²) in [6.07, 6.45) is 14.1. The molecule has 0 saturated carbocycles. The van der Waals surface area contributed by atoms with E-state index in [9.17, 15) is 5.11 Å². The van der Waals surface area contributed by atoms with Crippen molar-refractivity contribution in [2.45, 2.75) is 78.2 Å². The Hall–Kier alpha value is -1.54. The van der Waals surface area contributed by atoms with Gasteiger partial charge in [-0.2, -0.15) is 0 Å². The van der Waals surface area contributed by atoms with Gasteiger partial charge in [-0.05, 0) is 77.0 Å². The molecule has 0 aliphatic heterocycles. The molecule has 0 atom stereocenters. The quantitative estimate of drug-likeness (QED) is 0.344. The van der Waals surface area contributed by atoms with Crippen molar-refractivity contribution in [3.63, 3.8) is 0 Å². The van der Waals surface area contributed by atoms with Crippen LogP contribution in [-0.2, 0) is 0 Å². The van der Waals surface area contributed by atoms with Crippen molar-refractivity contribution in [1.82, 2.24) is 0 Å². The second-order valence-electron chi connectivity index (χ2n) is 7.47. The maximum absolute atomic E-state index is 9.73. The van der Waals surface area contributed by atoms with Crippen molar-refractivity contribution < 1.29 is 9.84 Å². The zero-order valence-electron chi connectivity index (χ0n) is 16.6. The average molecular weight is 345 g/mol. The SMILES string of the molecule is CCCCOc1cccc(/C=C/CC/C=C(\C)CCCC(C)(C)O)c1. The summed E-state index contributed by atoms with van der Waals surface area (Å²) in [6, 6.07) is 8.28. The van der Waals surface area contributed by atoms with Crippen molar-refractivity contribution >= 4 is 6.08 Å². The Bertz CT molecular complexity index is 535. The van der Waals surface area contributed by atoms with Gasteiger partial charge in [-0.15, -0.1) is 0 Å². The summed E-state index contributed by atoms with van der Waals surface area (Å²) in [4.78, 5) is 0. The first-order chi connectivity index (χ1) is 11.9. The molecule has 0 aliphatic carbocycles. The van der Waals surface area contributed by atoms with E-state index in [0.717, 1.165) is 57.3 Å². The molecule has 0 heterocycles. The third-order valence-electron chi connectivity index (χ3n) is 4.12. The lowest BCUT2D eigenvalue weighted by molar-refractivity contribution is 0.0689. The minimum atomic E-state index is -0.544. The zero-order valence-corrected chi connectivity index (χ0v) is 16.6. The maximum Gasteiger partial charge on any atom is 0.119 e. The molecule has 2 heteroatoms. The second-order valence-corrected chi connectivity index (χ2v) is 7.47. The first-order valence-electron chi connectivity index (χ1n) is 9.68. The van der Waals surface area contributed by atoms with Crippen molar-refractivity contribution in [2.75, 3.05) is 6.61 Å². The van der Waals surface area contributed by atoms with E-state index in [1.54, 1.807) is 0 Å². The van der Waals surface area contributed by atoms with Crippen molar-refractivity contribution in [3.05, 3.63) is 47.6 Å². The summed E-state index contributed by atoms with van der Waals surface area (Å²) >= 11 is 0. The Labute approximate surface area is 154 Å². The van der Waals surface area contributed by atoms with Crippen LogP contribution < -0.4 is 4.74 Å². The molecule has 0 fully saturated rings. The van der Waals surface area contributed by atoms with Crippen LogP contribution >= 0.6 is 0 Å². The third-order valence-corrected chi connectivity index (χ3v) is 4.12. The normalized spacial score (nSPS) is 12.8. The Morgan fingerprint density at radius 1 is 1.20 bits per heavy atom. The molecule has 1 N–H and O–H groups in total. The Morgan fingerprint density at radius 2 is 2.00 bits per heavy atom. The molecule has 1 aromatic carbocycles. The number of unbranched alkanes of at least 4 members (excludes halogenated alkanes) is 2. The zero-order chi connectivity index (χ0) is 18.5. The van der Waals surface area contributed by atoms with E-state index in [-0.39, 0.29) is 0 Å². The maximum atomic E-state index is 9.73. The number of aliphatic hydroxyl groups is 1. The average Bonchev–Trinajstić information content (AvgIpc) is 2.54. The molecule has 0 saturated heterocycles. The van der Waals surface area contributed by atoms with Crippen molar-refractivity contribution in [1.29, 1.82) is 0 Å². The Morgan fingerprint density at radius 3 is 2.72 bits per heavy atom. The van der Waals surface area contributed by atoms with Crippen LogP contribution in [0.5, 0.6) is 5.75 Å². The van der Waals surface area contributed by atoms with Crippen LogP contribution in [-0.4, -0.2) is 17.3 Å². The van der Waals surface area contributed by atoms with Crippen LogP contribution in [0, 0.1) is 0 Å². The lowest BCUT2D eigenvalue weighted by Gasteiger charge is -2.16. The fourth-order valence-corrected chi connectivity index (χ4v) is 2.59. The van der Waals surface area contributed by atoms with Gasteiger partial charge in [0, 0.05) is 0 Å². The topological polar surface area (TPSA) is 29.5 Å². The predicted molar refractivity (Wildman–Crippen MR) is 109 cm³/mol. The van der Waals surface area contributed by atoms with E-state index in [2.05, 4.69) is 44.2 Å². The first kappa shape index (κ1) is 21.5. The minimum absolute atomic E-state index is 0.544. The lowest BCUT2D eigenvalue weighted by Crippen LogP contribution is -2.17. The van der Waals surface area contributed by atoms with Crippen molar-refractivity contribution in [2.24, 2.45) is 0 Å². The lowest BCUT2D eigenvalue weighted by atomic mass is 9.99. The van der Waals surface area contributed by atoms with Gasteiger partial charge in [0.1, 0.15) is 5.75 Å². The summed E-state index contributed by atoms with van der Waals surface area (Å²) in [5.41, 5.74) is 2.07. The summed E-state index contributed by atoms with van der Waals surface area (Å²) in [7, 11) is 0. The Balaban J connectivity index is 2.30. The highest BCUT2D eigenvalue weighted by molar-refractivity contribution is 5.51. The molecule has 0 radical (unpaired) electrons. The highest BCUT2D eigenvalue weighted by atomic mass is 16.5. The number of benzene rings is 1. The number of hydrogen-bond donors (Lipinski definition) is 1. The summed E-state index contributed by atoms with van der Waals surface area (Å²) in [6.45, 7) is 8.90. The van der Waals surface area contributed by atoms with Crippen LogP contribution in [0.3, 0.4) is 0 Å². The molecular weight excluding hydrogens is 308 g/mol. The molecule has 0 aliphatic rings. The molecule has 25 heavy (non-hydrogen) atoms. The second kappa shape index (κ2) is 11.9. The van der Waals surface area contributed by atoms with Gasteiger partial charge in [-0.25, -0.2) is 0 Å². The van der Waals surface area contributed by atoms with Gasteiger partial charge in [0.25, 0.3) is 0 Å². The highest BCUT2D eigenvalue weighted by Crippen LogP contribution is 2.17. The highest BCUT2D eigenvalue weighted by Gasteiger charge is 2.10. The summed E-state index contributed by atoms with van der Waals surface area (Å²) in [5, 5.41) is 9.73.